The van der Waals surface area contributed by atoms with E-state index in [0.29, 0.717) is 11.8 Å². The maximum atomic E-state index is 11.1. The van der Waals surface area contributed by atoms with Crippen LogP contribution in [0, 0.1) is 0 Å². The van der Waals surface area contributed by atoms with Crippen molar-refractivity contribution >= 4 is 27.1 Å². The SMILES string of the molecule is CC/C(C)=C(NC1CCCN(CC(=C2CCC2)N2CCC(O)CC2)C1)/C(C)=C(/C)C(=NC)c1ccc2sccc2c1O. The highest BCUT2D eigenvalue weighted by Gasteiger charge is 2.28. The number of nitrogens with zero attached hydrogens (tertiary/aromatic N) is 3. The average Bonchev–Trinajstić information content (AvgIpc) is 3.46. The minimum Gasteiger partial charge on any atom is -0.507 e. The van der Waals surface area contributed by atoms with Crippen molar-refractivity contribution in [3.63, 3.8) is 0 Å². The monoisotopic (exact) mass is 590 g/mol. The van der Waals surface area contributed by atoms with Gasteiger partial charge in [0.25, 0.3) is 0 Å². The zero-order valence-electron chi connectivity index (χ0n) is 26.3. The van der Waals surface area contributed by atoms with E-state index in [1.807, 2.05) is 24.6 Å². The highest BCUT2D eigenvalue weighted by atomic mass is 32.1. The number of allylic oxidation sites excluding steroid dienone is 4. The Morgan fingerprint density at radius 1 is 1.02 bits per heavy atom. The number of likely N-dealkylation sites (tertiary alicyclic amines) is 2. The van der Waals surface area contributed by atoms with Gasteiger partial charge in [0, 0.05) is 66.3 Å². The Hall–Kier alpha value is -2.61. The molecule has 1 aromatic heterocycles. The minimum absolute atomic E-state index is 0.134. The Kier molecular flexibility index (Phi) is 10.1. The molecule has 1 aromatic carbocycles. The molecule has 3 aliphatic rings. The third kappa shape index (κ3) is 6.63. The Morgan fingerprint density at radius 2 is 1.79 bits per heavy atom. The van der Waals surface area contributed by atoms with Crippen LogP contribution in [0.5, 0.6) is 5.75 Å². The van der Waals surface area contributed by atoms with Crippen molar-refractivity contribution in [1.29, 1.82) is 0 Å². The molecule has 0 amide bonds. The molecular weight excluding hydrogens is 540 g/mol. The molecule has 0 bridgehead atoms. The van der Waals surface area contributed by atoms with Gasteiger partial charge in [0.05, 0.1) is 11.8 Å². The summed E-state index contributed by atoms with van der Waals surface area (Å²) in [6, 6.07) is 6.46. The fourth-order valence-corrected chi connectivity index (χ4v) is 7.54. The largest absolute Gasteiger partial charge is 0.507 e. The van der Waals surface area contributed by atoms with E-state index in [-0.39, 0.29) is 6.10 Å². The van der Waals surface area contributed by atoms with Crippen molar-refractivity contribution in [2.45, 2.75) is 91.2 Å². The molecule has 42 heavy (non-hydrogen) atoms. The predicted octanol–water partition coefficient (Wildman–Crippen LogP) is 6.99. The predicted molar refractivity (Wildman–Crippen MR) is 178 cm³/mol. The maximum Gasteiger partial charge on any atom is 0.133 e. The highest BCUT2D eigenvalue weighted by Crippen LogP contribution is 2.35. The first kappa shape index (κ1) is 30.8. The molecule has 7 heteroatoms. The van der Waals surface area contributed by atoms with Crippen LogP contribution in [0.15, 0.2) is 62.3 Å². The van der Waals surface area contributed by atoms with Gasteiger partial charge in [-0.15, -0.1) is 11.3 Å². The molecule has 0 radical (unpaired) electrons. The first-order chi connectivity index (χ1) is 20.3. The first-order valence-corrected chi connectivity index (χ1v) is 16.9. The van der Waals surface area contributed by atoms with Crippen LogP contribution in [-0.4, -0.2) is 77.6 Å². The smallest absolute Gasteiger partial charge is 0.133 e. The number of piperidine rings is 2. The molecule has 3 heterocycles. The van der Waals surface area contributed by atoms with Crippen molar-refractivity contribution in [2.75, 3.05) is 39.8 Å². The third-order valence-electron chi connectivity index (χ3n) is 9.77. The molecule has 6 nitrogen and oxygen atoms in total. The zero-order chi connectivity index (χ0) is 29.8. The van der Waals surface area contributed by atoms with E-state index in [2.05, 4.69) is 53.9 Å². The summed E-state index contributed by atoms with van der Waals surface area (Å²) >= 11 is 1.64. The lowest BCUT2D eigenvalue weighted by Crippen LogP contribution is -2.48. The summed E-state index contributed by atoms with van der Waals surface area (Å²) in [5, 5.41) is 28.1. The summed E-state index contributed by atoms with van der Waals surface area (Å²) < 4.78 is 1.09. The van der Waals surface area contributed by atoms with E-state index in [0.717, 1.165) is 85.3 Å². The lowest BCUT2D eigenvalue weighted by atomic mass is 9.89. The second-order valence-corrected chi connectivity index (χ2v) is 13.4. The van der Waals surface area contributed by atoms with Gasteiger partial charge in [-0.1, -0.05) is 12.5 Å². The number of nitrogens with one attached hydrogen (secondary N) is 1. The Balaban J connectivity index is 1.34. The van der Waals surface area contributed by atoms with Gasteiger partial charge in [-0.25, -0.2) is 0 Å². The van der Waals surface area contributed by atoms with Gasteiger partial charge in [0.2, 0.25) is 0 Å². The number of aliphatic imine (C=N–C) groups is 1. The Bertz CT molecular complexity index is 1390. The van der Waals surface area contributed by atoms with Gasteiger partial charge in [-0.2, -0.15) is 0 Å². The molecule has 3 N–H and O–H groups in total. The normalized spacial score (nSPS) is 22.1. The standard InChI is InChI=1S/C35H50N4O2S/c1-6-23(2)33(24(3)25(4)34(36-5)30-12-13-32-29(35(30)41)16-20-42-32)37-27-11-8-17-38(21-27)22-31(26-9-7-10-26)39-18-14-28(40)15-19-39/h12-13,16,20,27-28,37,40-41H,6-11,14-15,17-19,21-22H2,1-5H3/b25-24-,33-23-,36-34?. The number of hydrogen-bond donors (Lipinski definition) is 3. The molecule has 2 saturated heterocycles. The molecule has 5 rings (SSSR count). The van der Waals surface area contributed by atoms with E-state index < -0.39 is 0 Å². The molecular formula is C35H50N4O2S. The molecule has 0 spiro atoms. The fraction of sp³-hybridized carbons (Fsp3) is 0.571. The van der Waals surface area contributed by atoms with Gasteiger partial charge in [-0.3, -0.25) is 9.89 Å². The molecule has 1 atom stereocenters. The van der Waals surface area contributed by atoms with E-state index >= 15 is 0 Å². The second kappa shape index (κ2) is 13.8. The summed E-state index contributed by atoms with van der Waals surface area (Å²) in [7, 11) is 1.82. The number of benzene rings is 1. The number of rotatable bonds is 9. The molecule has 228 valence electrons. The number of fused-ring (bicyclic) bond motifs is 1. The lowest BCUT2D eigenvalue weighted by Gasteiger charge is -2.41. The van der Waals surface area contributed by atoms with Crippen LogP contribution in [0.1, 0.15) is 84.6 Å². The van der Waals surface area contributed by atoms with Crippen LogP contribution in [0.2, 0.25) is 0 Å². The van der Waals surface area contributed by atoms with Gasteiger partial charge in [0.15, 0.2) is 0 Å². The Morgan fingerprint density at radius 3 is 2.45 bits per heavy atom. The summed E-state index contributed by atoms with van der Waals surface area (Å²) in [5.74, 6) is 0.315. The van der Waals surface area contributed by atoms with Crippen molar-refractivity contribution in [1.82, 2.24) is 15.1 Å². The first-order valence-electron chi connectivity index (χ1n) is 16.0. The summed E-state index contributed by atoms with van der Waals surface area (Å²) in [6.07, 6.45) is 8.77. The van der Waals surface area contributed by atoms with Crippen LogP contribution >= 0.6 is 11.3 Å². The van der Waals surface area contributed by atoms with E-state index in [1.54, 1.807) is 22.6 Å². The number of aliphatic hydroxyl groups is 1. The van der Waals surface area contributed by atoms with Crippen LogP contribution in [0.4, 0.5) is 0 Å². The second-order valence-electron chi connectivity index (χ2n) is 12.5. The molecule has 1 aliphatic carbocycles. The number of hydrogen-bond acceptors (Lipinski definition) is 7. The zero-order valence-corrected chi connectivity index (χ0v) is 27.1. The van der Waals surface area contributed by atoms with Gasteiger partial charge in [0.1, 0.15) is 5.75 Å². The number of phenolic OH excluding ortho intramolecular Hbond substituents is 1. The quantitative estimate of drug-likeness (QED) is 0.217. The van der Waals surface area contributed by atoms with Crippen molar-refractivity contribution < 1.29 is 10.2 Å². The third-order valence-corrected chi connectivity index (χ3v) is 10.7. The summed E-state index contributed by atoms with van der Waals surface area (Å²) in [6.45, 7) is 14.0. The van der Waals surface area contributed by atoms with E-state index in [4.69, 9.17) is 0 Å². The van der Waals surface area contributed by atoms with Crippen LogP contribution in [-0.2, 0) is 0 Å². The van der Waals surface area contributed by atoms with E-state index in [9.17, 15) is 10.2 Å². The number of phenols is 1. The number of thiophene rings is 1. The van der Waals surface area contributed by atoms with E-state index in [1.165, 1.54) is 42.5 Å². The van der Waals surface area contributed by atoms with Crippen molar-refractivity contribution in [3.8, 4) is 5.75 Å². The summed E-state index contributed by atoms with van der Waals surface area (Å²) in [5.41, 5.74) is 9.69. The van der Waals surface area contributed by atoms with Crippen LogP contribution < -0.4 is 5.32 Å². The fourth-order valence-electron chi connectivity index (χ4n) is 6.75. The van der Waals surface area contributed by atoms with Gasteiger partial charge >= 0.3 is 0 Å². The number of aliphatic hydroxyl groups excluding tert-OH is 1. The average molecular weight is 591 g/mol. The van der Waals surface area contributed by atoms with Crippen molar-refractivity contribution in [3.05, 3.63) is 62.8 Å². The van der Waals surface area contributed by atoms with Crippen LogP contribution in [0.25, 0.3) is 10.1 Å². The Labute approximate surface area is 256 Å². The van der Waals surface area contributed by atoms with Crippen LogP contribution in [0.3, 0.4) is 0 Å². The molecule has 2 aliphatic heterocycles. The summed E-state index contributed by atoms with van der Waals surface area (Å²) in [4.78, 5) is 9.92. The lowest BCUT2D eigenvalue weighted by molar-refractivity contribution is 0.0894. The minimum atomic E-state index is -0.134. The molecule has 1 saturated carbocycles. The number of aromatic hydroxyl groups is 1. The molecule has 3 fully saturated rings. The maximum absolute atomic E-state index is 11.1. The molecule has 1 unspecified atom stereocenters. The molecule has 2 aromatic rings. The van der Waals surface area contributed by atoms with Gasteiger partial charge < -0.3 is 20.4 Å². The van der Waals surface area contributed by atoms with Crippen molar-refractivity contribution in [2.24, 2.45) is 4.99 Å². The van der Waals surface area contributed by atoms with Gasteiger partial charge in [-0.05, 0) is 119 Å². The highest BCUT2D eigenvalue weighted by molar-refractivity contribution is 7.17. The topological polar surface area (TPSA) is 71.3 Å².